The number of aliphatic hydroxyl groups is 4. The molecule has 0 aromatic rings. The van der Waals surface area contributed by atoms with E-state index in [-0.39, 0.29) is 6.54 Å². The van der Waals surface area contributed by atoms with E-state index in [0.717, 1.165) is 46.4 Å². The zero-order valence-electron chi connectivity index (χ0n) is 17.5. The number of nitrogens with one attached hydrogen (secondary N) is 5. The molecule has 0 saturated carbocycles. The number of hydrogen-bond donors (Lipinski definition) is 10. The van der Waals surface area contributed by atoms with Crippen LogP contribution < -0.4 is 32.3 Å². The molecule has 11 N–H and O–H groups in total. The van der Waals surface area contributed by atoms with Crippen molar-refractivity contribution in [1.82, 2.24) is 26.6 Å². The fraction of sp³-hybridized carbons (Fsp3) is 0.882. The van der Waals surface area contributed by atoms with Gasteiger partial charge in [0.25, 0.3) is 5.91 Å². The van der Waals surface area contributed by atoms with Gasteiger partial charge < -0.3 is 57.5 Å². The second-order valence-corrected chi connectivity index (χ2v) is 6.47. The molecule has 0 aliphatic carbocycles. The lowest BCUT2D eigenvalue weighted by molar-refractivity contribution is -0.169. The van der Waals surface area contributed by atoms with E-state index in [1.807, 2.05) is 0 Å². The van der Waals surface area contributed by atoms with Crippen molar-refractivity contribution in [2.45, 2.75) is 24.4 Å². The third-order valence-electron chi connectivity index (χ3n) is 4.07. The summed E-state index contributed by atoms with van der Waals surface area (Å²) in [7, 11) is 0.983. The van der Waals surface area contributed by atoms with E-state index in [4.69, 9.17) is 5.73 Å². The molecule has 0 aliphatic heterocycles. The molecule has 13 heteroatoms. The van der Waals surface area contributed by atoms with Crippen molar-refractivity contribution in [3.05, 3.63) is 0 Å². The molecule has 0 unspecified atom stereocenters. The minimum absolute atomic E-state index is 0.176. The van der Waals surface area contributed by atoms with Crippen LogP contribution in [0.1, 0.15) is 0 Å². The largest absolute Gasteiger partial charge is 0.467 e. The lowest BCUT2D eigenvalue weighted by atomic mass is 10.0. The normalized spacial score (nSPS) is 15.3. The highest BCUT2D eigenvalue weighted by Crippen LogP contribution is 2.06. The van der Waals surface area contributed by atoms with E-state index in [2.05, 4.69) is 31.3 Å². The van der Waals surface area contributed by atoms with Gasteiger partial charge in [-0.1, -0.05) is 0 Å². The van der Waals surface area contributed by atoms with Gasteiger partial charge in [-0.2, -0.15) is 0 Å². The van der Waals surface area contributed by atoms with Gasteiger partial charge in [-0.05, 0) is 0 Å². The highest BCUT2D eigenvalue weighted by molar-refractivity contribution is 5.81. The minimum atomic E-state index is -2.08. The summed E-state index contributed by atoms with van der Waals surface area (Å²) in [5.74, 6) is -2.13. The van der Waals surface area contributed by atoms with Crippen LogP contribution in [0.2, 0.25) is 0 Å². The van der Waals surface area contributed by atoms with Crippen molar-refractivity contribution < 1.29 is 34.8 Å². The van der Waals surface area contributed by atoms with Gasteiger partial charge in [0.05, 0.1) is 7.11 Å². The molecule has 0 aliphatic rings. The second-order valence-electron chi connectivity index (χ2n) is 6.47. The average molecular weight is 439 g/mol. The lowest BCUT2D eigenvalue weighted by Crippen LogP contribution is -2.53. The number of hydrogen-bond acceptors (Lipinski definition) is 12. The van der Waals surface area contributed by atoms with E-state index in [9.17, 15) is 30.0 Å². The van der Waals surface area contributed by atoms with Crippen molar-refractivity contribution in [3.63, 3.8) is 0 Å². The first-order valence-electron chi connectivity index (χ1n) is 9.97. The molecule has 0 aromatic heterocycles. The van der Waals surface area contributed by atoms with Gasteiger partial charge in [-0.15, -0.1) is 0 Å². The van der Waals surface area contributed by atoms with Crippen LogP contribution in [0.25, 0.3) is 0 Å². The molecular formula is C17H38N6O7. The number of aliphatic hydroxyl groups excluding tert-OH is 4. The third-order valence-corrected chi connectivity index (χ3v) is 4.07. The van der Waals surface area contributed by atoms with Crippen LogP contribution in [0, 0.1) is 0 Å². The SMILES string of the molecule is COC(=O)[C@@H](O)[C@@H](O)[C@H](O)[C@@H](O)C(=O)NCCNCCNCCNCCNCCN. The molecule has 0 aromatic carbocycles. The molecule has 178 valence electrons. The Labute approximate surface area is 176 Å². The van der Waals surface area contributed by atoms with Gasteiger partial charge in [0.15, 0.2) is 12.2 Å². The van der Waals surface area contributed by atoms with E-state index in [1.165, 1.54) is 0 Å². The summed E-state index contributed by atoms with van der Waals surface area (Å²) in [5.41, 5.74) is 5.37. The Kier molecular flexibility index (Phi) is 17.5. The van der Waals surface area contributed by atoms with E-state index >= 15 is 0 Å². The third kappa shape index (κ3) is 13.0. The van der Waals surface area contributed by atoms with Crippen LogP contribution >= 0.6 is 0 Å². The number of nitrogens with two attached hydrogens (primary N) is 1. The van der Waals surface area contributed by atoms with Crippen LogP contribution in [0.15, 0.2) is 0 Å². The van der Waals surface area contributed by atoms with Crippen LogP contribution in [0.5, 0.6) is 0 Å². The Balaban J connectivity index is 3.69. The smallest absolute Gasteiger partial charge is 0.337 e. The predicted molar refractivity (Wildman–Crippen MR) is 110 cm³/mol. The maximum Gasteiger partial charge on any atom is 0.337 e. The Morgan fingerprint density at radius 1 is 0.733 bits per heavy atom. The first-order valence-corrected chi connectivity index (χ1v) is 9.97. The van der Waals surface area contributed by atoms with Crippen LogP contribution in [-0.2, 0) is 14.3 Å². The van der Waals surface area contributed by atoms with Crippen molar-refractivity contribution in [3.8, 4) is 0 Å². The first kappa shape index (κ1) is 28.6. The molecule has 0 bridgehead atoms. The van der Waals surface area contributed by atoms with Crippen LogP contribution in [-0.4, -0.2) is 129 Å². The topological polar surface area (TPSA) is 210 Å². The van der Waals surface area contributed by atoms with E-state index in [0.29, 0.717) is 19.6 Å². The standard InChI is InChI=1S/C17H38N6O7/c1-30-17(29)15(27)13(25)12(24)14(26)16(28)23-11-10-22-9-8-21-7-6-20-5-4-19-3-2-18/h12-15,19-22,24-27H,2-11,18H2,1H3,(H,23,28)/t12-,13-,14+,15-/m0/s1. The van der Waals surface area contributed by atoms with Gasteiger partial charge >= 0.3 is 5.97 Å². The summed E-state index contributed by atoms with van der Waals surface area (Å²) in [6.45, 7) is 6.86. The molecule has 0 heterocycles. The zero-order valence-corrected chi connectivity index (χ0v) is 17.5. The maximum absolute atomic E-state index is 11.8. The molecule has 0 spiro atoms. The molecule has 13 nitrogen and oxygen atoms in total. The highest BCUT2D eigenvalue weighted by atomic mass is 16.5. The summed E-state index contributed by atoms with van der Waals surface area (Å²) in [5, 5.41) is 53.7. The Morgan fingerprint density at radius 3 is 1.57 bits per heavy atom. The lowest BCUT2D eigenvalue weighted by Gasteiger charge is -2.24. The maximum atomic E-state index is 11.8. The number of amides is 1. The minimum Gasteiger partial charge on any atom is -0.467 e. The van der Waals surface area contributed by atoms with Crippen molar-refractivity contribution in [1.29, 1.82) is 0 Å². The zero-order chi connectivity index (χ0) is 22.8. The number of carbonyl (C=O) groups excluding carboxylic acids is 2. The molecule has 1 amide bonds. The van der Waals surface area contributed by atoms with Crippen LogP contribution in [0.4, 0.5) is 0 Å². The molecule has 0 saturated heterocycles. The second kappa shape index (κ2) is 18.4. The van der Waals surface area contributed by atoms with E-state index in [1.54, 1.807) is 0 Å². The number of ether oxygens (including phenoxy) is 1. The van der Waals surface area contributed by atoms with Gasteiger partial charge in [-0.3, -0.25) is 4.79 Å². The quantitative estimate of drug-likeness (QED) is 0.0675. The fourth-order valence-corrected chi connectivity index (χ4v) is 2.30. The van der Waals surface area contributed by atoms with E-state index < -0.39 is 36.3 Å². The summed E-state index contributed by atoms with van der Waals surface area (Å²) in [6.07, 6.45) is -8.22. The number of esters is 1. The van der Waals surface area contributed by atoms with Crippen molar-refractivity contribution in [2.75, 3.05) is 72.6 Å². The summed E-state index contributed by atoms with van der Waals surface area (Å²) in [4.78, 5) is 22.9. The Morgan fingerprint density at radius 2 is 1.13 bits per heavy atom. The molecule has 0 rings (SSSR count). The number of rotatable bonds is 19. The Hall–Kier alpha value is -1.42. The molecular weight excluding hydrogens is 400 g/mol. The van der Waals surface area contributed by atoms with Gasteiger partial charge in [0.1, 0.15) is 12.2 Å². The number of carbonyl (C=O) groups is 2. The van der Waals surface area contributed by atoms with Gasteiger partial charge in [-0.25, -0.2) is 4.79 Å². The van der Waals surface area contributed by atoms with Gasteiger partial charge in [0, 0.05) is 65.4 Å². The summed E-state index contributed by atoms with van der Waals surface area (Å²) in [6, 6.07) is 0. The Bertz CT molecular complexity index is 460. The predicted octanol–water partition coefficient (Wildman–Crippen LogP) is -5.96. The molecule has 0 radical (unpaired) electrons. The molecule has 30 heavy (non-hydrogen) atoms. The first-order chi connectivity index (χ1) is 14.4. The highest BCUT2D eigenvalue weighted by Gasteiger charge is 2.37. The average Bonchev–Trinajstić information content (AvgIpc) is 2.76. The monoisotopic (exact) mass is 438 g/mol. The number of methoxy groups -OCH3 is 1. The summed E-state index contributed by atoms with van der Waals surface area (Å²) < 4.78 is 4.21. The van der Waals surface area contributed by atoms with Crippen molar-refractivity contribution in [2.24, 2.45) is 5.73 Å². The summed E-state index contributed by atoms with van der Waals surface area (Å²) >= 11 is 0. The van der Waals surface area contributed by atoms with Gasteiger partial charge in [0.2, 0.25) is 0 Å². The van der Waals surface area contributed by atoms with Crippen LogP contribution in [0.3, 0.4) is 0 Å². The fourth-order valence-electron chi connectivity index (χ4n) is 2.30. The molecule has 0 fully saturated rings. The van der Waals surface area contributed by atoms with Crippen molar-refractivity contribution >= 4 is 11.9 Å². The molecule has 4 atom stereocenters.